The van der Waals surface area contributed by atoms with Crippen molar-refractivity contribution in [3.63, 3.8) is 0 Å². The van der Waals surface area contributed by atoms with E-state index in [2.05, 4.69) is 29.8 Å². The molecule has 0 radical (unpaired) electrons. The fourth-order valence-corrected chi connectivity index (χ4v) is 7.50. The summed E-state index contributed by atoms with van der Waals surface area (Å²) in [6, 6.07) is 0. The van der Waals surface area contributed by atoms with Crippen molar-refractivity contribution in [1.29, 1.82) is 0 Å². The first-order valence-corrected chi connectivity index (χ1v) is 10.8. The molecule has 0 saturated heterocycles. The van der Waals surface area contributed by atoms with E-state index in [1.54, 1.807) is 12.2 Å². The summed E-state index contributed by atoms with van der Waals surface area (Å²) in [6.45, 7) is 4.36. The van der Waals surface area contributed by atoms with E-state index in [9.17, 15) is 14.4 Å². The average molecular weight is 435 g/mol. The number of esters is 1. The van der Waals surface area contributed by atoms with Crippen molar-refractivity contribution in [2.75, 3.05) is 7.11 Å². The van der Waals surface area contributed by atoms with Crippen LogP contribution in [0.15, 0.2) is 23.3 Å². The van der Waals surface area contributed by atoms with Gasteiger partial charge in [0.05, 0.1) is 11.9 Å². The summed E-state index contributed by atoms with van der Waals surface area (Å²) in [5, 5.41) is 0. The summed E-state index contributed by atoms with van der Waals surface area (Å²) in [5.41, 5.74) is 1.79. The molecule has 0 spiro atoms. The molecule has 4 rings (SSSR count). The highest BCUT2D eigenvalue weighted by Gasteiger charge is 2.61. The minimum Gasteiger partial charge on any atom is -0.466 e. The van der Waals surface area contributed by atoms with Crippen LogP contribution in [0.3, 0.4) is 0 Å². The van der Waals surface area contributed by atoms with E-state index in [1.807, 2.05) is 0 Å². The van der Waals surface area contributed by atoms with Gasteiger partial charge in [0.15, 0.2) is 5.78 Å². The van der Waals surface area contributed by atoms with Crippen molar-refractivity contribution < 1.29 is 19.1 Å². The van der Waals surface area contributed by atoms with Gasteiger partial charge in [0.1, 0.15) is 5.78 Å². The van der Waals surface area contributed by atoms with E-state index in [0.29, 0.717) is 30.5 Å². The molecule has 27 heavy (non-hydrogen) atoms. The molecule has 0 aliphatic heterocycles. The van der Waals surface area contributed by atoms with Gasteiger partial charge in [-0.15, -0.1) is 0 Å². The molecule has 0 aromatic heterocycles. The maximum Gasteiger partial charge on any atom is 0.330 e. The molecule has 0 N–H and O–H groups in total. The number of halogens is 1. The van der Waals surface area contributed by atoms with Crippen LogP contribution in [0.2, 0.25) is 0 Å². The van der Waals surface area contributed by atoms with E-state index >= 15 is 0 Å². The molecule has 146 valence electrons. The van der Waals surface area contributed by atoms with E-state index in [1.165, 1.54) is 12.7 Å². The Morgan fingerprint density at radius 2 is 1.96 bits per heavy atom. The van der Waals surface area contributed by atoms with Crippen LogP contribution in [-0.4, -0.2) is 29.5 Å². The highest BCUT2D eigenvalue weighted by molar-refractivity contribution is 9.10. The molecule has 0 unspecified atom stereocenters. The number of fused-ring (bicyclic) bond motifs is 5. The fraction of sp³-hybridized carbons (Fsp3) is 0.682. The second-order valence-corrected chi connectivity index (χ2v) is 10.3. The summed E-state index contributed by atoms with van der Waals surface area (Å²) in [6.07, 6.45) is 8.38. The molecule has 6 atom stereocenters. The van der Waals surface area contributed by atoms with E-state index in [4.69, 9.17) is 4.74 Å². The standard InChI is InChI=1S/C22H27BrO4/c1-21-11-18(25)20-14(15(21)7-5-13(21)9-19(26)27-3)6-4-12-8-17(24)16(23)10-22(12,20)2/h8-9,14-16,20H,4-7,10-11H2,1-3H3/b13-9-/t14-,15-,16-,20+,21+,22-/m0/s1. The third-order valence-electron chi connectivity index (χ3n) is 8.00. The first-order valence-electron chi connectivity index (χ1n) is 9.91. The molecule has 4 aliphatic rings. The van der Waals surface area contributed by atoms with E-state index in [0.717, 1.165) is 31.3 Å². The van der Waals surface area contributed by atoms with Crippen LogP contribution < -0.4 is 0 Å². The molecule has 4 nitrogen and oxygen atoms in total. The number of Topliss-reactive ketones (excluding diaryl/α,β-unsaturated/α-hetero) is 1. The van der Waals surface area contributed by atoms with Crippen LogP contribution in [0, 0.1) is 28.6 Å². The number of hydrogen-bond donors (Lipinski definition) is 0. The Morgan fingerprint density at radius 1 is 1.22 bits per heavy atom. The Morgan fingerprint density at radius 3 is 2.67 bits per heavy atom. The molecule has 3 fully saturated rings. The van der Waals surface area contributed by atoms with Gasteiger partial charge in [-0.3, -0.25) is 9.59 Å². The lowest BCUT2D eigenvalue weighted by molar-refractivity contribution is -0.142. The number of ether oxygens (including phenoxy) is 1. The highest BCUT2D eigenvalue weighted by Crippen LogP contribution is 2.65. The number of rotatable bonds is 1. The molecule has 3 saturated carbocycles. The second-order valence-electron chi connectivity index (χ2n) is 9.24. The van der Waals surface area contributed by atoms with Gasteiger partial charge in [0.2, 0.25) is 0 Å². The Hall–Kier alpha value is -1.23. The molecule has 0 amide bonds. The number of ketones is 2. The number of allylic oxidation sites excluding steroid dienone is 2. The molecular weight excluding hydrogens is 408 g/mol. The van der Waals surface area contributed by atoms with Crippen LogP contribution in [0.4, 0.5) is 0 Å². The normalized spacial score (nSPS) is 45.0. The van der Waals surface area contributed by atoms with E-state index < -0.39 is 0 Å². The maximum atomic E-state index is 13.5. The molecule has 5 heteroatoms. The van der Waals surface area contributed by atoms with Gasteiger partial charge in [-0.25, -0.2) is 4.79 Å². The molecule has 4 aliphatic carbocycles. The predicted molar refractivity (Wildman–Crippen MR) is 105 cm³/mol. The smallest absolute Gasteiger partial charge is 0.330 e. The summed E-state index contributed by atoms with van der Waals surface area (Å²) in [7, 11) is 1.40. The Balaban J connectivity index is 1.72. The zero-order valence-electron chi connectivity index (χ0n) is 16.2. The largest absolute Gasteiger partial charge is 0.466 e. The van der Waals surface area contributed by atoms with Crippen molar-refractivity contribution in [2.24, 2.45) is 28.6 Å². The molecular formula is C22H27BrO4. The minimum absolute atomic E-state index is 0.0128. The van der Waals surface area contributed by atoms with Crippen LogP contribution >= 0.6 is 15.9 Å². The zero-order valence-corrected chi connectivity index (χ0v) is 17.8. The predicted octanol–water partition coefficient (Wildman–Crippen LogP) is 4.17. The average Bonchev–Trinajstić information content (AvgIpc) is 2.91. The number of hydrogen-bond acceptors (Lipinski definition) is 4. The quantitative estimate of drug-likeness (QED) is 0.353. The van der Waals surface area contributed by atoms with Crippen LogP contribution in [0.5, 0.6) is 0 Å². The topological polar surface area (TPSA) is 60.4 Å². The van der Waals surface area contributed by atoms with Gasteiger partial charge in [0, 0.05) is 23.8 Å². The lowest BCUT2D eigenvalue weighted by Gasteiger charge is -2.56. The van der Waals surface area contributed by atoms with Gasteiger partial charge in [-0.2, -0.15) is 0 Å². The fourth-order valence-electron chi connectivity index (χ4n) is 6.70. The summed E-state index contributed by atoms with van der Waals surface area (Å²) >= 11 is 3.53. The van der Waals surface area contributed by atoms with Crippen molar-refractivity contribution in [1.82, 2.24) is 0 Å². The number of alkyl halides is 1. The van der Waals surface area contributed by atoms with Crippen LogP contribution in [0.25, 0.3) is 0 Å². The third kappa shape index (κ3) is 2.72. The Kier molecular flexibility index (Phi) is 4.53. The highest BCUT2D eigenvalue weighted by atomic mass is 79.9. The zero-order chi connectivity index (χ0) is 19.6. The van der Waals surface area contributed by atoms with Crippen LogP contribution in [-0.2, 0) is 19.1 Å². The second kappa shape index (κ2) is 6.40. The SMILES string of the molecule is COC(=O)/C=C1/CC[C@H]2[C@@H]3CCC4=CC(=O)[C@@H](Br)C[C@]4(C)[C@H]3C(=O)C[C@]12C. The van der Waals surface area contributed by atoms with E-state index in [-0.39, 0.29) is 33.3 Å². The van der Waals surface area contributed by atoms with Crippen molar-refractivity contribution in [2.45, 2.75) is 57.2 Å². The number of carbonyl (C=O) groups excluding carboxylic acids is 3. The van der Waals surface area contributed by atoms with Crippen LogP contribution in [0.1, 0.15) is 52.4 Å². The summed E-state index contributed by atoms with van der Waals surface area (Å²) in [4.78, 5) is 37.3. The van der Waals surface area contributed by atoms with Crippen molar-refractivity contribution >= 4 is 33.5 Å². The third-order valence-corrected chi connectivity index (χ3v) is 8.77. The Bertz CT molecular complexity index is 781. The number of carbonyl (C=O) groups is 3. The van der Waals surface area contributed by atoms with Gasteiger partial charge in [-0.1, -0.05) is 40.9 Å². The monoisotopic (exact) mass is 434 g/mol. The van der Waals surface area contributed by atoms with Gasteiger partial charge in [-0.05, 0) is 55.4 Å². The molecule has 0 heterocycles. The molecule has 0 bridgehead atoms. The Labute approximate surface area is 168 Å². The maximum absolute atomic E-state index is 13.5. The minimum atomic E-state index is -0.324. The lowest BCUT2D eigenvalue weighted by Crippen LogP contribution is -2.55. The lowest BCUT2D eigenvalue weighted by atomic mass is 9.47. The summed E-state index contributed by atoms with van der Waals surface area (Å²) < 4.78 is 4.83. The molecule has 0 aromatic rings. The van der Waals surface area contributed by atoms with Gasteiger partial charge < -0.3 is 4.74 Å². The molecule has 0 aromatic carbocycles. The van der Waals surface area contributed by atoms with Gasteiger partial charge >= 0.3 is 5.97 Å². The first kappa shape index (κ1) is 19.1. The van der Waals surface area contributed by atoms with Crippen molar-refractivity contribution in [3.8, 4) is 0 Å². The number of methoxy groups -OCH3 is 1. The first-order chi connectivity index (χ1) is 12.7. The van der Waals surface area contributed by atoms with Gasteiger partial charge in [0.25, 0.3) is 0 Å². The summed E-state index contributed by atoms with van der Waals surface area (Å²) in [5.74, 6) is 0.851. The van der Waals surface area contributed by atoms with Crippen molar-refractivity contribution in [3.05, 3.63) is 23.3 Å².